The highest BCUT2D eigenvalue weighted by molar-refractivity contribution is 5.51. The van der Waals surface area contributed by atoms with E-state index in [0.717, 1.165) is 11.1 Å². The number of amides is 2. The molecule has 2 amide bonds. The zero-order valence-corrected chi connectivity index (χ0v) is 14.6. The molecule has 0 bridgehead atoms. The first kappa shape index (κ1) is 19.6. The third kappa shape index (κ3) is 6.27. The van der Waals surface area contributed by atoms with Crippen LogP contribution < -0.4 is 10.7 Å². The lowest BCUT2D eigenvalue weighted by Crippen LogP contribution is -2.55. The molecule has 0 spiro atoms. The van der Waals surface area contributed by atoms with Crippen LogP contribution in [0.3, 0.4) is 0 Å². The summed E-state index contributed by atoms with van der Waals surface area (Å²) in [5, 5.41) is 3.95. The van der Waals surface area contributed by atoms with Gasteiger partial charge in [0.25, 0.3) is 0 Å². The zero-order chi connectivity index (χ0) is 18.8. The molecule has 1 unspecified atom stereocenters. The van der Waals surface area contributed by atoms with Crippen molar-refractivity contribution < 1.29 is 14.0 Å². The van der Waals surface area contributed by atoms with E-state index in [1.165, 1.54) is 17.1 Å². The van der Waals surface area contributed by atoms with Crippen molar-refractivity contribution in [1.29, 1.82) is 0 Å². The van der Waals surface area contributed by atoms with E-state index in [4.69, 9.17) is 0 Å². The van der Waals surface area contributed by atoms with Crippen LogP contribution in [0.2, 0.25) is 0 Å². The quantitative estimate of drug-likeness (QED) is 0.363. The molecule has 26 heavy (non-hydrogen) atoms. The standard InChI is InChI=1S/C19H23FN4O2/c1-23(12-17-5-3-2-4-6-17)13-19(21-14-25)24(15-26)22-11-16-7-9-18(20)10-8-16/h2-10,14-15,19,22H,11-13H2,1H3,(H,21,25). The maximum Gasteiger partial charge on any atom is 0.225 e. The highest BCUT2D eigenvalue weighted by Gasteiger charge is 2.18. The summed E-state index contributed by atoms with van der Waals surface area (Å²) in [4.78, 5) is 24.4. The molecule has 0 aromatic heterocycles. The highest BCUT2D eigenvalue weighted by Crippen LogP contribution is 2.05. The molecule has 6 nitrogen and oxygen atoms in total. The maximum atomic E-state index is 13.0. The molecule has 0 radical (unpaired) electrons. The highest BCUT2D eigenvalue weighted by atomic mass is 19.1. The number of nitrogens with one attached hydrogen (secondary N) is 2. The Hall–Kier alpha value is -2.77. The lowest BCUT2D eigenvalue weighted by molar-refractivity contribution is -0.126. The normalized spacial score (nSPS) is 11.8. The zero-order valence-electron chi connectivity index (χ0n) is 14.6. The monoisotopic (exact) mass is 358 g/mol. The first-order valence-electron chi connectivity index (χ1n) is 8.26. The first-order valence-corrected chi connectivity index (χ1v) is 8.26. The molecule has 0 saturated carbocycles. The summed E-state index contributed by atoms with van der Waals surface area (Å²) in [5.41, 5.74) is 4.91. The van der Waals surface area contributed by atoms with Crippen molar-refractivity contribution in [3.8, 4) is 0 Å². The summed E-state index contributed by atoms with van der Waals surface area (Å²) in [6, 6.07) is 15.9. The lowest BCUT2D eigenvalue weighted by Gasteiger charge is -2.31. The van der Waals surface area contributed by atoms with Crippen LogP contribution in [0, 0.1) is 5.82 Å². The number of halogens is 1. The Kier molecular flexibility index (Phi) is 7.73. The van der Waals surface area contributed by atoms with Gasteiger partial charge in [0.05, 0.1) is 0 Å². The Balaban J connectivity index is 1.94. The fourth-order valence-electron chi connectivity index (χ4n) is 2.56. The number of carbonyl (C=O) groups is 2. The largest absolute Gasteiger partial charge is 0.336 e. The van der Waals surface area contributed by atoms with Crippen molar-refractivity contribution in [2.45, 2.75) is 19.3 Å². The maximum absolute atomic E-state index is 13.0. The van der Waals surface area contributed by atoms with Gasteiger partial charge < -0.3 is 5.32 Å². The SMILES string of the molecule is CN(Cc1ccccc1)CC(NC=O)N(C=O)NCc1ccc(F)cc1. The number of likely N-dealkylation sites (N-methyl/N-ethyl adjacent to an activating group) is 1. The van der Waals surface area contributed by atoms with Crippen molar-refractivity contribution in [1.82, 2.24) is 20.7 Å². The van der Waals surface area contributed by atoms with E-state index in [2.05, 4.69) is 10.7 Å². The van der Waals surface area contributed by atoms with E-state index >= 15 is 0 Å². The van der Waals surface area contributed by atoms with Crippen LogP contribution in [0.1, 0.15) is 11.1 Å². The van der Waals surface area contributed by atoms with Crippen LogP contribution in [0.25, 0.3) is 0 Å². The summed E-state index contributed by atoms with van der Waals surface area (Å²) >= 11 is 0. The second-order valence-corrected chi connectivity index (χ2v) is 5.96. The van der Waals surface area contributed by atoms with Gasteiger partial charge in [-0.3, -0.25) is 19.5 Å². The average molecular weight is 358 g/mol. The van der Waals surface area contributed by atoms with Crippen molar-refractivity contribution in [2.24, 2.45) is 0 Å². The van der Waals surface area contributed by atoms with E-state index in [-0.39, 0.29) is 5.82 Å². The molecule has 0 heterocycles. The Morgan fingerprint density at radius 2 is 1.73 bits per heavy atom. The van der Waals surface area contributed by atoms with Gasteiger partial charge in [0, 0.05) is 19.6 Å². The molecule has 0 aliphatic heterocycles. The molecule has 2 aromatic rings. The van der Waals surface area contributed by atoms with Crippen molar-refractivity contribution in [2.75, 3.05) is 13.6 Å². The van der Waals surface area contributed by atoms with E-state index in [1.807, 2.05) is 42.3 Å². The number of hydrazine groups is 1. The Labute approximate surface area is 152 Å². The molecule has 2 rings (SSSR count). The molecule has 0 fully saturated rings. The van der Waals surface area contributed by atoms with Gasteiger partial charge in [0.2, 0.25) is 12.8 Å². The van der Waals surface area contributed by atoms with Gasteiger partial charge in [-0.15, -0.1) is 0 Å². The minimum atomic E-state index is -0.542. The van der Waals surface area contributed by atoms with Gasteiger partial charge in [-0.25, -0.2) is 9.82 Å². The molecule has 138 valence electrons. The van der Waals surface area contributed by atoms with Crippen LogP contribution in [0.5, 0.6) is 0 Å². The number of hydrogen-bond acceptors (Lipinski definition) is 4. The summed E-state index contributed by atoms with van der Waals surface area (Å²) in [6.45, 7) is 1.45. The summed E-state index contributed by atoms with van der Waals surface area (Å²) < 4.78 is 13.0. The molecular weight excluding hydrogens is 335 g/mol. The van der Waals surface area contributed by atoms with Crippen LogP contribution in [-0.2, 0) is 22.7 Å². The smallest absolute Gasteiger partial charge is 0.225 e. The number of hydrogen-bond donors (Lipinski definition) is 2. The van der Waals surface area contributed by atoms with Crippen molar-refractivity contribution in [3.63, 3.8) is 0 Å². The van der Waals surface area contributed by atoms with Crippen LogP contribution in [0.15, 0.2) is 54.6 Å². The lowest BCUT2D eigenvalue weighted by atomic mass is 10.2. The van der Waals surface area contributed by atoms with E-state index in [1.54, 1.807) is 12.1 Å². The summed E-state index contributed by atoms with van der Waals surface area (Å²) in [6.07, 6.45) is 0.650. The van der Waals surface area contributed by atoms with Gasteiger partial charge >= 0.3 is 0 Å². The minimum Gasteiger partial charge on any atom is -0.336 e. The van der Waals surface area contributed by atoms with Crippen LogP contribution in [-0.4, -0.2) is 42.5 Å². The first-order chi connectivity index (χ1) is 12.6. The average Bonchev–Trinajstić information content (AvgIpc) is 2.64. The van der Waals surface area contributed by atoms with Crippen LogP contribution in [0.4, 0.5) is 4.39 Å². The third-order valence-corrected chi connectivity index (χ3v) is 3.87. The topological polar surface area (TPSA) is 64.7 Å². The van der Waals surface area contributed by atoms with Gasteiger partial charge in [-0.05, 0) is 30.3 Å². The predicted octanol–water partition coefficient (Wildman–Crippen LogP) is 1.49. The molecule has 0 saturated heterocycles. The second-order valence-electron chi connectivity index (χ2n) is 5.96. The molecule has 1 atom stereocenters. The fourth-order valence-corrected chi connectivity index (χ4v) is 2.56. The van der Waals surface area contributed by atoms with Crippen molar-refractivity contribution >= 4 is 12.8 Å². The molecule has 7 heteroatoms. The molecule has 0 aliphatic carbocycles. The molecule has 2 N–H and O–H groups in total. The second kappa shape index (κ2) is 10.3. The molecule has 2 aromatic carbocycles. The number of nitrogens with zero attached hydrogens (tertiary/aromatic N) is 2. The number of carbonyl (C=O) groups excluding carboxylic acids is 2. The minimum absolute atomic E-state index is 0.316. The van der Waals surface area contributed by atoms with E-state index < -0.39 is 6.17 Å². The van der Waals surface area contributed by atoms with E-state index in [0.29, 0.717) is 32.5 Å². The molecule has 0 aliphatic rings. The van der Waals surface area contributed by atoms with Gasteiger partial charge in [-0.2, -0.15) is 0 Å². The van der Waals surface area contributed by atoms with Gasteiger partial charge in [0.15, 0.2) is 0 Å². The fraction of sp³-hybridized carbons (Fsp3) is 0.263. The summed E-state index contributed by atoms with van der Waals surface area (Å²) in [5.74, 6) is -0.316. The van der Waals surface area contributed by atoms with Crippen LogP contribution >= 0.6 is 0 Å². The predicted molar refractivity (Wildman–Crippen MR) is 96.9 cm³/mol. The van der Waals surface area contributed by atoms with E-state index in [9.17, 15) is 14.0 Å². The summed E-state index contributed by atoms with van der Waals surface area (Å²) in [7, 11) is 1.91. The Bertz CT molecular complexity index is 682. The molecular formula is C19H23FN4O2. The van der Waals surface area contributed by atoms with Gasteiger partial charge in [0.1, 0.15) is 12.0 Å². The number of rotatable bonds is 11. The Morgan fingerprint density at radius 3 is 2.35 bits per heavy atom. The van der Waals surface area contributed by atoms with Crippen molar-refractivity contribution in [3.05, 3.63) is 71.5 Å². The number of benzene rings is 2. The Morgan fingerprint density at radius 1 is 1.04 bits per heavy atom. The third-order valence-electron chi connectivity index (χ3n) is 3.87. The van der Waals surface area contributed by atoms with Gasteiger partial charge in [-0.1, -0.05) is 42.5 Å².